The first-order valence-corrected chi connectivity index (χ1v) is 13.1. The average molecular weight is 536 g/mol. The van der Waals surface area contributed by atoms with E-state index in [0.717, 1.165) is 55.6 Å². The SMILES string of the molecule is CCCCCCN=C(CCCc1ccc(OC(C)(C)C(=O)OC)cc1)NNCc1cccc(C(F)(F)F)c1. The molecule has 0 radical (unpaired) electrons. The van der Waals surface area contributed by atoms with Crippen molar-refractivity contribution in [2.75, 3.05) is 13.7 Å². The average Bonchev–Trinajstić information content (AvgIpc) is 2.88. The second-order valence-electron chi connectivity index (χ2n) is 9.67. The van der Waals surface area contributed by atoms with Crippen molar-refractivity contribution >= 4 is 11.8 Å². The number of hydrazine groups is 1. The van der Waals surface area contributed by atoms with Crippen molar-refractivity contribution in [2.24, 2.45) is 4.99 Å². The maximum Gasteiger partial charge on any atom is 0.416 e. The number of carbonyl (C=O) groups is 1. The molecule has 0 saturated heterocycles. The molecule has 210 valence electrons. The molecule has 0 aliphatic heterocycles. The summed E-state index contributed by atoms with van der Waals surface area (Å²) in [5.74, 6) is 0.921. The van der Waals surface area contributed by atoms with Gasteiger partial charge in [0.2, 0.25) is 0 Å². The zero-order valence-electron chi connectivity index (χ0n) is 22.8. The number of esters is 1. The highest BCUT2D eigenvalue weighted by Gasteiger charge is 2.31. The number of hydrogen-bond acceptors (Lipinski definition) is 5. The number of unbranched alkanes of at least 4 members (excludes halogenated alkanes) is 3. The molecule has 0 saturated carbocycles. The maximum absolute atomic E-state index is 13.0. The Bertz CT molecular complexity index is 1020. The lowest BCUT2D eigenvalue weighted by molar-refractivity contribution is -0.156. The van der Waals surface area contributed by atoms with E-state index < -0.39 is 23.3 Å². The quantitative estimate of drug-likeness (QED) is 0.0881. The Balaban J connectivity index is 1.90. The molecule has 2 aromatic rings. The molecule has 0 aliphatic carbocycles. The zero-order chi connectivity index (χ0) is 28.0. The molecule has 38 heavy (non-hydrogen) atoms. The molecule has 6 nitrogen and oxygen atoms in total. The standard InChI is InChI=1S/C29H40F3N3O3/c1-5-6-7-8-19-33-26(35-34-21-23-12-9-13-24(20-23)29(30,31)32)14-10-11-22-15-17-25(18-16-22)38-28(2,3)27(36)37-4/h9,12-13,15-18,20,34H,5-8,10-11,14,19,21H2,1-4H3,(H,33,35). The summed E-state index contributed by atoms with van der Waals surface area (Å²) in [5, 5.41) is 0. The van der Waals surface area contributed by atoms with Crippen LogP contribution in [0.4, 0.5) is 13.2 Å². The van der Waals surface area contributed by atoms with Crippen molar-refractivity contribution in [3.05, 3.63) is 65.2 Å². The lowest BCUT2D eigenvalue weighted by atomic mass is 10.1. The van der Waals surface area contributed by atoms with Gasteiger partial charge in [-0.3, -0.25) is 4.99 Å². The molecule has 0 amide bonds. The largest absolute Gasteiger partial charge is 0.476 e. The third-order valence-electron chi connectivity index (χ3n) is 5.95. The fourth-order valence-corrected chi connectivity index (χ4v) is 3.81. The normalized spacial score (nSPS) is 12.3. The van der Waals surface area contributed by atoms with E-state index in [-0.39, 0.29) is 6.54 Å². The molecule has 2 rings (SSSR count). The van der Waals surface area contributed by atoms with Gasteiger partial charge in [-0.1, -0.05) is 56.5 Å². The van der Waals surface area contributed by atoms with Crippen LogP contribution < -0.4 is 15.6 Å². The molecular weight excluding hydrogens is 495 g/mol. The van der Waals surface area contributed by atoms with Gasteiger partial charge in [0.15, 0.2) is 5.60 Å². The van der Waals surface area contributed by atoms with Crippen LogP contribution in [-0.4, -0.2) is 31.1 Å². The predicted octanol–water partition coefficient (Wildman–Crippen LogP) is 6.63. The minimum absolute atomic E-state index is 0.238. The molecule has 2 aromatic carbocycles. The Morgan fingerprint density at radius 2 is 1.71 bits per heavy atom. The van der Waals surface area contributed by atoms with Crippen molar-refractivity contribution in [1.29, 1.82) is 0 Å². The van der Waals surface area contributed by atoms with Crippen LogP contribution in [0.3, 0.4) is 0 Å². The van der Waals surface area contributed by atoms with Gasteiger partial charge in [-0.2, -0.15) is 13.2 Å². The number of carbonyl (C=O) groups excluding carboxylic acids is 1. The third-order valence-corrected chi connectivity index (χ3v) is 5.95. The van der Waals surface area contributed by atoms with Gasteiger partial charge in [-0.15, -0.1) is 0 Å². The van der Waals surface area contributed by atoms with E-state index in [1.54, 1.807) is 19.9 Å². The van der Waals surface area contributed by atoms with E-state index in [4.69, 9.17) is 14.5 Å². The summed E-state index contributed by atoms with van der Waals surface area (Å²) in [6.45, 7) is 6.41. The number of nitrogens with zero attached hydrogens (tertiary/aromatic N) is 1. The maximum atomic E-state index is 13.0. The lowest BCUT2D eigenvalue weighted by Crippen LogP contribution is -2.39. The summed E-state index contributed by atoms with van der Waals surface area (Å²) < 4.78 is 49.5. The summed E-state index contributed by atoms with van der Waals surface area (Å²) in [6, 6.07) is 12.9. The number of aryl methyl sites for hydroxylation is 1. The van der Waals surface area contributed by atoms with E-state index in [9.17, 15) is 18.0 Å². The number of halogens is 3. The minimum atomic E-state index is -4.36. The van der Waals surface area contributed by atoms with Gasteiger partial charge in [0.25, 0.3) is 0 Å². The molecule has 0 heterocycles. The third kappa shape index (κ3) is 11.1. The first-order chi connectivity index (χ1) is 18.0. The predicted molar refractivity (Wildman–Crippen MR) is 144 cm³/mol. The number of methoxy groups -OCH3 is 1. The molecule has 0 bridgehead atoms. The number of ether oxygens (including phenoxy) is 2. The van der Waals surface area contributed by atoms with Crippen LogP contribution in [0.5, 0.6) is 5.75 Å². The molecular formula is C29H40F3N3O3. The van der Waals surface area contributed by atoms with Crippen molar-refractivity contribution < 1.29 is 27.4 Å². The molecule has 0 aromatic heterocycles. The van der Waals surface area contributed by atoms with Gasteiger partial charge in [0.1, 0.15) is 11.6 Å². The summed E-state index contributed by atoms with van der Waals surface area (Å²) in [5.41, 5.74) is 6.05. The van der Waals surface area contributed by atoms with E-state index >= 15 is 0 Å². The summed E-state index contributed by atoms with van der Waals surface area (Å²) in [6.07, 6.45) is 2.40. The molecule has 9 heteroatoms. The van der Waals surface area contributed by atoms with Crippen LogP contribution in [-0.2, 0) is 28.7 Å². The van der Waals surface area contributed by atoms with E-state index in [0.29, 0.717) is 24.3 Å². The molecule has 0 aliphatic rings. The zero-order valence-corrected chi connectivity index (χ0v) is 22.8. The Labute approximate surface area is 224 Å². The minimum Gasteiger partial charge on any atom is -0.476 e. The number of benzene rings is 2. The summed E-state index contributed by atoms with van der Waals surface area (Å²) in [7, 11) is 1.33. The van der Waals surface area contributed by atoms with E-state index in [1.165, 1.54) is 19.6 Å². The second-order valence-corrected chi connectivity index (χ2v) is 9.67. The molecule has 0 atom stereocenters. The number of nitrogens with one attached hydrogen (secondary N) is 2. The van der Waals surface area contributed by atoms with Crippen molar-refractivity contribution in [1.82, 2.24) is 10.9 Å². The number of hydrogen-bond donors (Lipinski definition) is 2. The van der Waals surface area contributed by atoms with Crippen LogP contribution in [0.2, 0.25) is 0 Å². The Morgan fingerprint density at radius 3 is 2.37 bits per heavy atom. The highest BCUT2D eigenvalue weighted by molar-refractivity contribution is 5.81. The number of alkyl halides is 3. The van der Waals surface area contributed by atoms with E-state index in [2.05, 4.69) is 17.8 Å². The first kappa shape index (κ1) is 31.1. The van der Waals surface area contributed by atoms with Crippen molar-refractivity contribution in [3.63, 3.8) is 0 Å². The van der Waals surface area contributed by atoms with Crippen LogP contribution in [0, 0.1) is 0 Å². The highest BCUT2D eigenvalue weighted by Crippen LogP contribution is 2.29. The summed E-state index contributed by atoms with van der Waals surface area (Å²) in [4.78, 5) is 16.5. The number of aliphatic imine (C=N–C) groups is 1. The van der Waals surface area contributed by atoms with Crippen LogP contribution in [0.25, 0.3) is 0 Å². The fraction of sp³-hybridized carbons (Fsp3) is 0.517. The van der Waals surface area contributed by atoms with Crippen molar-refractivity contribution in [3.8, 4) is 5.75 Å². The lowest BCUT2D eigenvalue weighted by Gasteiger charge is -2.23. The Morgan fingerprint density at radius 1 is 0.974 bits per heavy atom. The van der Waals surface area contributed by atoms with Gasteiger partial charge in [0.05, 0.1) is 12.7 Å². The van der Waals surface area contributed by atoms with E-state index in [1.807, 2.05) is 24.3 Å². The second kappa shape index (κ2) is 15.4. The van der Waals surface area contributed by atoms with Gasteiger partial charge in [-0.25, -0.2) is 10.2 Å². The Kier molecular flexibility index (Phi) is 12.6. The monoisotopic (exact) mass is 535 g/mol. The van der Waals surface area contributed by atoms with Crippen LogP contribution in [0.15, 0.2) is 53.5 Å². The van der Waals surface area contributed by atoms with Crippen LogP contribution >= 0.6 is 0 Å². The molecule has 2 N–H and O–H groups in total. The highest BCUT2D eigenvalue weighted by atomic mass is 19.4. The van der Waals surface area contributed by atoms with Gasteiger partial charge in [-0.05, 0) is 62.4 Å². The smallest absolute Gasteiger partial charge is 0.416 e. The van der Waals surface area contributed by atoms with Crippen LogP contribution in [0.1, 0.15) is 76.0 Å². The molecule has 0 fully saturated rings. The molecule has 0 spiro atoms. The fourth-order valence-electron chi connectivity index (χ4n) is 3.81. The topological polar surface area (TPSA) is 72.0 Å². The van der Waals surface area contributed by atoms with Crippen molar-refractivity contribution in [2.45, 2.75) is 84.0 Å². The van der Waals surface area contributed by atoms with Gasteiger partial charge < -0.3 is 14.9 Å². The number of amidine groups is 1. The summed E-state index contributed by atoms with van der Waals surface area (Å²) >= 11 is 0. The first-order valence-electron chi connectivity index (χ1n) is 13.1. The Hall–Kier alpha value is -3.07. The van der Waals surface area contributed by atoms with Gasteiger partial charge >= 0.3 is 12.1 Å². The number of rotatable bonds is 15. The van der Waals surface area contributed by atoms with Gasteiger partial charge in [0, 0.05) is 19.5 Å². The molecule has 0 unspecified atom stereocenters.